The van der Waals surface area contributed by atoms with Gasteiger partial charge in [0.05, 0.1) is 0 Å². The molecule has 1 aliphatic rings. The Morgan fingerprint density at radius 2 is 2.31 bits per heavy atom. The predicted octanol–water partition coefficient (Wildman–Crippen LogP) is 4.28. The Kier molecular flexibility index (Phi) is 4.05. The van der Waals surface area contributed by atoms with Crippen LogP contribution >= 0.6 is 15.9 Å². The van der Waals surface area contributed by atoms with Crippen molar-refractivity contribution in [2.45, 2.75) is 31.0 Å². The highest BCUT2D eigenvalue weighted by Gasteiger charge is 2.10. The first-order chi connectivity index (χ1) is 7.74. The summed E-state index contributed by atoms with van der Waals surface area (Å²) in [7, 11) is 0. The molecule has 2 heteroatoms. The quantitative estimate of drug-likeness (QED) is 0.643. The van der Waals surface area contributed by atoms with Crippen LogP contribution in [0.4, 0.5) is 5.69 Å². The molecule has 1 aromatic carbocycles. The van der Waals surface area contributed by atoms with Gasteiger partial charge in [-0.25, -0.2) is 0 Å². The van der Waals surface area contributed by atoms with E-state index in [0.29, 0.717) is 4.83 Å². The third-order valence-electron chi connectivity index (χ3n) is 2.93. The van der Waals surface area contributed by atoms with Crippen LogP contribution in [0.1, 0.15) is 24.8 Å². The SMILES string of the molecule is Cc1cccc(NCC2=CC(Br)CCC2)c1. The van der Waals surface area contributed by atoms with Crippen LogP contribution in [0.25, 0.3) is 0 Å². The molecule has 0 aliphatic heterocycles. The molecule has 0 aromatic heterocycles. The van der Waals surface area contributed by atoms with E-state index in [0.717, 1.165) is 6.54 Å². The van der Waals surface area contributed by atoms with E-state index in [2.05, 4.69) is 58.5 Å². The molecule has 0 heterocycles. The standard InChI is InChI=1S/C14H18BrN/c1-11-4-2-7-14(8-11)16-10-12-5-3-6-13(15)9-12/h2,4,7-9,13,16H,3,5-6,10H2,1H3. The van der Waals surface area contributed by atoms with Crippen LogP contribution in [-0.4, -0.2) is 11.4 Å². The van der Waals surface area contributed by atoms with Gasteiger partial charge in [-0.1, -0.05) is 39.7 Å². The molecule has 0 fully saturated rings. The summed E-state index contributed by atoms with van der Waals surface area (Å²) in [6.07, 6.45) is 6.17. The van der Waals surface area contributed by atoms with Crippen molar-refractivity contribution in [3.05, 3.63) is 41.5 Å². The minimum atomic E-state index is 0.579. The van der Waals surface area contributed by atoms with E-state index < -0.39 is 0 Å². The third-order valence-corrected chi connectivity index (χ3v) is 3.65. The summed E-state index contributed by atoms with van der Waals surface area (Å²) < 4.78 is 0. The van der Waals surface area contributed by atoms with Gasteiger partial charge >= 0.3 is 0 Å². The molecule has 0 bridgehead atoms. The Hall–Kier alpha value is -0.760. The van der Waals surface area contributed by atoms with Crippen molar-refractivity contribution in [3.63, 3.8) is 0 Å². The van der Waals surface area contributed by atoms with E-state index in [1.165, 1.54) is 36.1 Å². The van der Waals surface area contributed by atoms with Gasteiger partial charge in [0.1, 0.15) is 0 Å². The largest absolute Gasteiger partial charge is 0.381 e. The molecule has 1 atom stereocenters. The Balaban J connectivity index is 1.92. The molecule has 1 N–H and O–H groups in total. The Morgan fingerprint density at radius 3 is 3.06 bits per heavy atom. The van der Waals surface area contributed by atoms with Gasteiger partial charge in [-0.2, -0.15) is 0 Å². The topological polar surface area (TPSA) is 12.0 Å². The molecular weight excluding hydrogens is 262 g/mol. The summed E-state index contributed by atoms with van der Waals surface area (Å²) in [6.45, 7) is 3.10. The van der Waals surface area contributed by atoms with E-state index in [-0.39, 0.29) is 0 Å². The number of allylic oxidation sites excluding steroid dienone is 1. The number of aryl methyl sites for hydroxylation is 1. The molecule has 16 heavy (non-hydrogen) atoms. The smallest absolute Gasteiger partial charge is 0.0360 e. The summed E-state index contributed by atoms with van der Waals surface area (Å²) in [6, 6.07) is 8.54. The lowest BCUT2D eigenvalue weighted by molar-refractivity contribution is 0.710. The number of hydrogen-bond donors (Lipinski definition) is 1. The van der Waals surface area contributed by atoms with Crippen LogP contribution in [-0.2, 0) is 0 Å². The number of rotatable bonds is 3. The minimum Gasteiger partial charge on any atom is -0.381 e. The van der Waals surface area contributed by atoms with Crippen molar-refractivity contribution >= 4 is 21.6 Å². The highest BCUT2D eigenvalue weighted by atomic mass is 79.9. The van der Waals surface area contributed by atoms with Crippen molar-refractivity contribution in [2.24, 2.45) is 0 Å². The maximum atomic E-state index is 3.66. The fourth-order valence-electron chi connectivity index (χ4n) is 2.06. The Labute approximate surface area is 106 Å². The van der Waals surface area contributed by atoms with Gasteiger partial charge in [0.2, 0.25) is 0 Å². The summed E-state index contributed by atoms with van der Waals surface area (Å²) in [5.41, 5.74) is 4.05. The molecule has 1 aliphatic carbocycles. The van der Waals surface area contributed by atoms with Crippen LogP contribution < -0.4 is 5.32 Å². The predicted molar refractivity (Wildman–Crippen MR) is 74.3 cm³/mol. The van der Waals surface area contributed by atoms with Crippen LogP contribution in [0.5, 0.6) is 0 Å². The van der Waals surface area contributed by atoms with Gasteiger partial charge in [0.15, 0.2) is 0 Å². The minimum absolute atomic E-state index is 0.579. The lowest BCUT2D eigenvalue weighted by Crippen LogP contribution is -2.11. The first-order valence-corrected chi connectivity index (χ1v) is 6.80. The van der Waals surface area contributed by atoms with Crippen molar-refractivity contribution in [1.82, 2.24) is 0 Å². The average Bonchev–Trinajstić information content (AvgIpc) is 2.27. The Morgan fingerprint density at radius 1 is 1.44 bits per heavy atom. The third kappa shape index (κ3) is 3.38. The molecule has 0 spiro atoms. The lowest BCUT2D eigenvalue weighted by Gasteiger charge is -2.17. The number of halogens is 1. The van der Waals surface area contributed by atoms with Crippen LogP contribution in [0, 0.1) is 6.92 Å². The van der Waals surface area contributed by atoms with Crippen molar-refractivity contribution in [2.75, 3.05) is 11.9 Å². The molecular formula is C14H18BrN. The van der Waals surface area contributed by atoms with Gasteiger partial charge in [0.25, 0.3) is 0 Å². The van der Waals surface area contributed by atoms with E-state index >= 15 is 0 Å². The van der Waals surface area contributed by atoms with E-state index in [4.69, 9.17) is 0 Å². The number of nitrogens with one attached hydrogen (secondary N) is 1. The second kappa shape index (κ2) is 5.53. The van der Waals surface area contributed by atoms with Gasteiger partial charge < -0.3 is 5.32 Å². The van der Waals surface area contributed by atoms with Crippen LogP contribution in [0.15, 0.2) is 35.9 Å². The zero-order chi connectivity index (χ0) is 11.4. The number of anilines is 1. The van der Waals surface area contributed by atoms with Gasteiger partial charge in [0, 0.05) is 17.1 Å². The fraction of sp³-hybridized carbons (Fsp3) is 0.429. The summed E-state index contributed by atoms with van der Waals surface area (Å²) in [5.74, 6) is 0. The molecule has 2 rings (SSSR count). The lowest BCUT2D eigenvalue weighted by atomic mass is 9.99. The van der Waals surface area contributed by atoms with E-state index in [1.807, 2.05) is 0 Å². The normalized spacial score (nSPS) is 20.4. The molecule has 1 aromatic rings. The first-order valence-electron chi connectivity index (χ1n) is 5.88. The molecule has 0 saturated heterocycles. The maximum absolute atomic E-state index is 3.66. The van der Waals surface area contributed by atoms with Gasteiger partial charge in [-0.05, 0) is 43.9 Å². The molecule has 1 nitrogen and oxygen atoms in total. The van der Waals surface area contributed by atoms with Crippen LogP contribution in [0.2, 0.25) is 0 Å². The number of benzene rings is 1. The Bertz CT molecular complexity index is 384. The first kappa shape index (κ1) is 11.7. The summed E-state index contributed by atoms with van der Waals surface area (Å²) >= 11 is 3.66. The highest BCUT2D eigenvalue weighted by Crippen LogP contribution is 2.23. The monoisotopic (exact) mass is 279 g/mol. The van der Waals surface area contributed by atoms with E-state index in [9.17, 15) is 0 Å². The summed E-state index contributed by atoms with van der Waals surface area (Å²) in [4.78, 5) is 0.579. The fourth-order valence-corrected chi connectivity index (χ4v) is 2.76. The molecule has 0 radical (unpaired) electrons. The van der Waals surface area contributed by atoms with Crippen molar-refractivity contribution in [1.29, 1.82) is 0 Å². The second-order valence-electron chi connectivity index (χ2n) is 4.46. The second-order valence-corrected chi connectivity index (χ2v) is 5.63. The number of alkyl halides is 1. The molecule has 0 saturated carbocycles. The zero-order valence-electron chi connectivity index (χ0n) is 9.67. The van der Waals surface area contributed by atoms with Gasteiger partial charge in [-0.3, -0.25) is 0 Å². The molecule has 0 amide bonds. The van der Waals surface area contributed by atoms with Crippen LogP contribution in [0.3, 0.4) is 0 Å². The zero-order valence-corrected chi connectivity index (χ0v) is 11.3. The van der Waals surface area contributed by atoms with Crippen molar-refractivity contribution in [3.8, 4) is 0 Å². The number of hydrogen-bond acceptors (Lipinski definition) is 1. The summed E-state index contributed by atoms with van der Waals surface area (Å²) in [5, 5.41) is 3.49. The maximum Gasteiger partial charge on any atom is 0.0360 e. The molecule has 86 valence electrons. The van der Waals surface area contributed by atoms with Crippen molar-refractivity contribution < 1.29 is 0 Å². The van der Waals surface area contributed by atoms with Gasteiger partial charge in [-0.15, -0.1) is 0 Å². The molecule has 1 unspecified atom stereocenters. The highest BCUT2D eigenvalue weighted by molar-refractivity contribution is 9.09. The average molecular weight is 280 g/mol. The van der Waals surface area contributed by atoms with E-state index in [1.54, 1.807) is 0 Å².